The van der Waals surface area contributed by atoms with Gasteiger partial charge in [-0.1, -0.05) is 17.7 Å². The summed E-state index contributed by atoms with van der Waals surface area (Å²) in [4.78, 5) is 20.0. The number of carbonyl (C=O) groups is 1. The number of nitrogens with zero attached hydrogens (tertiary/aromatic N) is 3. The van der Waals surface area contributed by atoms with E-state index < -0.39 is 41.3 Å². The van der Waals surface area contributed by atoms with Gasteiger partial charge in [-0.2, -0.15) is 14.0 Å². The summed E-state index contributed by atoms with van der Waals surface area (Å²) in [6.07, 6.45) is 0.916. The number of hydrogen-bond donors (Lipinski definition) is 1. The first-order valence-electron chi connectivity index (χ1n) is 8.31. The fourth-order valence-corrected chi connectivity index (χ4v) is 3.20. The molecule has 2 heterocycles. The van der Waals surface area contributed by atoms with Gasteiger partial charge in [-0.3, -0.25) is 9.78 Å². The van der Waals surface area contributed by atoms with Gasteiger partial charge < -0.3 is 10.5 Å². The molecule has 0 fully saturated rings. The van der Waals surface area contributed by atoms with Crippen LogP contribution in [0.3, 0.4) is 0 Å². The van der Waals surface area contributed by atoms with Crippen LogP contribution in [0.4, 0.5) is 13.2 Å². The molecule has 0 aliphatic carbocycles. The monoisotopic (exact) mass is 422 g/mol. The third kappa shape index (κ3) is 3.76. The molecule has 1 aromatic carbocycles. The fourth-order valence-electron chi connectivity index (χ4n) is 2.93. The van der Waals surface area contributed by atoms with E-state index in [1.165, 1.54) is 18.3 Å². The van der Waals surface area contributed by atoms with E-state index in [0.717, 1.165) is 19.1 Å². The predicted octanol–water partition coefficient (Wildman–Crippen LogP) is 3.37. The zero-order valence-electron chi connectivity index (χ0n) is 15.0. The van der Waals surface area contributed by atoms with Gasteiger partial charge in [0, 0.05) is 18.2 Å². The molecule has 1 atom stereocenters. The summed E-state index contributed by atoms with van der Waals surface area (Å²) < 4.78 is 48.0. The molecular formula is C19H14ClF3N4O2. The average Bonchev–Trinajstić information content (AvgIpc) is 2.66. The number of aromatic nitrogens is 1. The molecule has 6 nitrogen and oxygen atoms in total. The Morgan fingerprint density at radius 1 is 1.41 bits per heavy atom. The molecule has 150 valence electrons. The molecule has 0 amide bonds. The molecule has 1 aromatic heterocycles. The summed E-state index contributed by atoms with van der Waals surface area (Å²) in [5.41, 5.74) is 3.06. The van der Waals surface area contributed by atoms with E-state index >= 15 is 0 Å². The highest BCUT2D eigenvalue weighted by atomic mass is 35.5. The molecule has 3 rings (SSSR count). The van der Waals surface area contributed by atoms with Crippen molar-refractivity contribution in [3.8, 4) is 6.07 Å². The minimum atomic E-state index is -3.53. The normalized spacial score (nSPS) is 20.3. The zero-order chi connectivity index (χ0) is 21.4. The number of carbonyl (C=O) groups excluding carboxylic acids is 1. The first kappa shape index (κ1) is 20.6. The smallest absolute Gasteiger partial charge is 0.310 e. The van der Waals surface area contributed by atoms with E-state index in [2.05, 4.69) is 14.7 Å². The second-order valence-electron chi connectivity index (χ2n) is 6.60. The highest BCUT2D eigenvalue weighted by Crippen LogP contribution is 2.44. The van der Waals surface area contributed by atoms with Gasteiger partial charge >= 0.3 is 5.92 Å². The van der Waals surface area contributed by atoms with Crippen LogP contribution in [0.2, 0.25) is 5.02 Å². The van der Waals surface area contributed by atoms with Crippen LogP contribution < -0.4 is 5.73 Å². The van der Waals surface area contributed by atoms with E-state index in [1.807, 2.05) is 6.07 Å². The number of Topliss-reactive ketones (excluding diaryl/α,β-unsaturated/α-hetero) is 1. The molecule has 0 bridgehead atoms. The Morgan fingerprint density at radius 2 is 2.14 bits per heavy atom. The summed E-state index contributed by atoms with van der Waals surface area (Å²) >= 11 is 5.98. The lowest BCUT2D eigenvalue weighted by atomic mass is 9.84. The number of nitriles is 1. The molecule has 1 aliphatic rings. The van der Waals surface area contributed by atoms with Gasteiger partial charge in [-0.15, -0.1) is 0 Å². The molecule has 1 aliphatic heterocycles. The van der Waals surface area contributed by atoms with Crippen molar-refractivity contribution in [2.75, 3.05) is 6.61 Å². The van der Waals surface area contributed by atoms with E-state index in [9.17, 15) is 18.0 Å². The zero-order valence-corrected chi connectivity index (χ0v) is 15.8. The second kappa shape index (κ2) is 7.37. The summed E-state index contributed by atoms with van der Waals surface area (Å²) in [6.45, 7) is -0.00235. The summed E-state index contributed by atoms with van der Waals surface area (Å²) in [5, 5.41) is 8.82. The van der Waals surface area contributed by atoms with Gasteiger partial charge in [0.25, 0.3) is 6.02 Å². The molecule has 0 unspecified atom stereocenters. The lowest BCUT2D eigenvalue weighted by Gasteiger charge is -2.37. The number of ether oxygens (including phenoxy) is 1. The Balaban J connectivity index is 1.97. The second-order valence-corrected chi connectivity index (χ2v) is 7.00. The Kier molecular flexibility index (Phi) is 5.24. The largest absolute Gasteiger partial charge is 0.459 e. The molecular weight excluding hydrogens is 409 g/mol. The third-order valence-electron chi connectivity index (χ3n) is 4.60. The molecule has 0 saturated carbocycles. The van der Waals surface area contributed by atoms with Crippen molar-refractivity contribution in [1.29, 1.82) is 5.26 Å². The molecule has 0 saturated heterocycles. The first-order valence-corrected chi connectivity index (χ1v) is 8.69. The first-order chi connectivity index (χ1) is 13.6. The Labute approximate surface area is 168 Å². The van der Waals surface area contributed by atoms with Crippen LogP contribution in [0.5, 0.6) is 0 Å². The number of benzene rings is 1. The van der Waals surface area contributed by atoms with Gasteiger partial charge in [-0.25, -0.2) is 9.38 Å². The van der Waals surface area contributed by atoms with Gasteiger partial charge in [0.15, 0.2) is 17.9 Å². The maximum Gasteiger partial charge on any atom is 0.310 e. The van der Waals surface area contributed by atoms with Crippen LogP contribution in [-0.2, 0) is 16.7 Å². The van der Waals surface area contributed by atoms with Gasteiger partial charge in [0.2, 0.25) is 0 Å². The average molecular weight is 423 g/mol. The van der Waals surface area contributed by atoms with Crippen molar-refractivity contribution in [3.63, 3.8) is 0 Å². The number of rotatable bonds is 4. The van der Waals surface area contributed by atoms with Crippen molar-refractivity contribution in [1.82, 2.24) is 4.98 Å². The molecule has 0 radical (unpaired) electrons. The predicted molar refractivity (Wildman–Crippen MR) is 98.3 cm³/mol. The van der Waals surface area contributed by atoms with Crippen LogP contribution in [0.15, 0.2) is 35.5 Å². The number of hydrogen-bond acceptors (Lipinski definition) is 6. The minimum Gasteiger partial charge on any atom is -0.459 e. The summed E-state index contributed by atoms with van der Waals surface area (Å²) in [5.74, 6) is -4.97. The number of amidine groups is 1. The lowest BCUT2D eigenvalue weighted by Crippen LogP contribution is -2.51. The maximum atomic E-state index is 14.5. The van der Waals surface area contributed by atoms with Crippen LogP contribution in [0.1, 0.15) is 34.1 Å². The third-order valence-corrected chi connectivity index (χ3v) is 4.89. The number of aliphatic imine (C=N–C) groups is 1. The van der Waals surface area contributed by atoms with Gasteiger partial charge in [-0.05, 0) is 30.7 Å². The maximum absolute atomic E-state index is 14.5. The Morgan fingerprint density at radius 3 is 2.79 bits per heavy atom. The Hall–Kier alpha value is -3.12. The lowest BCUT2D eigenvalue weighted by molar-refractivity contribution is -0.117. The highest BCUT2D eigenvalue weighted by Gasteiger charge is 2.56. The quantitative estimate of drug-likeness (QED) is 0.761. The van der Waals surface area contributed by atoms with Crippen molar-refractivity contribution >= 4 is 23.4 Å². The number of pyridine rings is 1. The summed E-state index contributed by atoms with van der Waals surface area (Å²) in [7, 11) is 0. The molecule has 0 spiro atoms. The van der Waals surface area contributed by atoms with Gasteiger partial charge in [0.05, 0.1) is 10.6 Å². The van der Waals surface area contributed by atoms with Crippen molar-refractivity contribution in [2.24, 2.45) is 10.7 Å². The number of nitrogens with two attached hydrogens (primary N) is 1. The van der Waals surface area contributed by atoms with Crippen molar-refractivity contribution in [3.05, 3.63) is 63.7 Å². The number of alkyl halides is 2. The summed E-state index contributed by atoms with van der Waals surface area (Å²) in [6, 6.07) is 6.07. The van der Waals surface area contributed by atoms with Crippen LogP contribution in [0.25, 0.3) is 0 Å². The highest BCUT2D eigenvalue weighted by molar-refractivity contribution is 6.33. The molecule has 2 aromatic rings. The van der Waals surface area contributed by atoms with E-state index in [0.29, 0.717) is 0 Å². The topological polar surface area (TPSA) is 101 Å². The van der Waals surface area contributed by atoms with Crippen LogP contribution in [-0.4, -0.2) is 29.3 Å². The SMILES string of the molecule is C[C@@]1(c2cc(CC(=O)c3ncc(C#N)cc3Cl)ccc2F)N=C(N)OCC1(F)F. The number of ketones is 1. The van der Waals surface area contributed by atoms with E-state index in [-0.39, 0.29) is 28.3 Å². The number of halogens is 4. The minimum absolute atomic E-state index is 0.0170. The van der Waals surface area contributed by atoms with Gasteiger partial charge in [0.1, 0.15) is 17.6 Å². The van der Waals surface area contributed by atoms with Crippen molar-refractivity contribution in [2.45, 2.75) is 24.8 Å². The van der Waals surface area contributed by atoms with Crippen molar-refractivity contribution < 1.29 is 22.7 Å². The fraction of sp³-hybridized carbons (Fsp3) is 0.263. The van der Waals surface area contributed by atoms with E-state index in [1.54, 1.807) is 0 Å². The standard InChI is InChI=1S/C19H14ClF3N4O2/c1-18(19(22,23)9-29-17(25)27-18)12-4-10(2-3-14(12)21)6-15(28)16-13(20)5-11(7-24)8-26-16/h2-5,8H,6,9H2,1H3,(H2,25,27)/t18-/m0/s1. The molecule has 2 N–H and O–H groups in total. The van der Waals surface area contributed by atoms with Crippen LogP contribution in [0, 0.1) is 17.1 Å². The van der Waals surface area contributed by atoms with Crippen LogP contribution >= 0.6 is 11.6 Å². The Bertz CT molecular complexity index is 1070. The van der Waals surface area contributed by atoms with E-state index in [4.69, 9.17) is 22.6 Å². The molecule has 29 heavy (non-hydrogen) atoms. The molecule has 10 heteroatoms.